The van der Waals surface area contributed by atoms with Gasteiger partial charge in [-0.3, -0.25) is 0 Å². The van der Waals surface area contributed by atoms with Crippen LogP contribution in [0.2, 0.25) is 0 Å². The first-order chi connectivity index (χ1) is 7.98. The maximum absolute atomic E-state index is 12.5. The van der Waals surface area contributed by atoms with Gasteiger partial charge >= 0.3 is 6.18 Å². The Balaban J connectivity index is 2.38. The van der Waals surface area contributed by atoms with Gasteiger partial charge in [-0.15, -0.1) is 0 Å². The first kappa shape index (κ1) is 11.5. The summed E-state index contributed by atoms with van der Waals surface area (Å²) in [5.41, 5.74) is 0.306. The summed E-state index contributed by atoms with van der Waals surface area (Å²) in [4.78, 5) is 0. The van der Waals surface area contributed by atoms with Crippen LogP contribution >= 0.6 is 0 Å². The molecule has 17 heavy (non-hydrogen) atoms. The summed E-state index contributed by atoms with van der Waals surface area (Å²) in [6, 6.07) is 8.72. The highest BCUT2D eigenvalue weighted by Crippen LogP contribution is 2.30. The number of nitrogens with zero attached hydrogens (tertiary/aromatic N) is 1. The minimum absolute atomic E-state index is 0.455. The Hall–Kier alpha value is -1.97. The summed E-state index contributed by atoms with van der Waals surface area (Å²) >= 11 is 0. The molecule has 2 rings (SSSR count). The largest absolute Gasteiger partial charge is 0.416 e. The molecule has 0 aliphatic carbocycles. The zero-order valence-corrected chi connectivity index (χ0v) is 8.91. The van der Waals surface area contributed by atoms with Gasteiger partial charge in [-0.05, 0) is 29.8 Å². The molecule has 0 saturated heterocycles. The van der Waals surface area contributed by atoms with Crippen molar-refractivity contribution in [3.63, 3.8) is 0 Å². The van der Waals surface area contributed by atoms with Gasteiger partial charge in [-0.25, -0.2) is 0 Å². The number of hydrogen-bond acceptors (Lipinski definition) is 0. The maximum atomic E-state index is 12.5. The molecule has 1 aromatic heterocycles. The van der Waals surface area contributed by atoms with E-state index in [9.17, 15) is 13.2 Å². The monoisotopic (exact) mass is 237 g/mol. The van der Waals surface area contributed by atoms with Gasteiger partial charge in [-0.1, -0.05) is 18.7 Å². The lowest BCUT2D eigenvalue weighted by atomic mass is 10.1. The highest BCUT2D eigenvalue weighted by Gasteiger charge is 2.30. The van der Waals surface area contributed by atoms with Crippen molar-refractivity contribution in [1.29, 1.82) is 0 Å². The fourth-order valence-electron chi connectivity index (χ4n) is 1.54. The molecule has 1 heterocycles. The van der Waals surface area contributed by atoms with Crippen LogP contribution in [0.25, 0.3) is 5.70 Å². The van der Waals surface area contributed by atoms with Crippen LogP contribution in [0, 0.1) is 0 Å². The van der Waals surface area contributed by atoms with Crippen LogP contribution in [0.15, 0.2) is 55.4 Å². The summed E-state index contributed by atoms with van der Waals surface area (Å²) < 4.78 is 39.3. The molecule has 0 amide bonds. The Morgan fingerprint density at radius 1 is 1.06 bits per heavy atom. The smallest absolute Gasteiger partial charge is 0.324 e. The van der Waals surface area contributed by atoms with Crippen molar-refractivity contribution in [3.05, 3.63) is 66.5 Å². The van der Waals surface area contributed by atoms with E-state index in [1.807, 2.05) is 0 Å². The highest BCUT2D eigenvalue weighted by atomic mass is 19.4. The fourth-order valence-corrected chi connectivity index (χ4v) is 1.54. The highest BCUT2D eigenvalue weighted by molar-refractivity contribution is 5.64. The lowest BCUT2D eigenvalue weighted by Gasteiger charge is -2.11. The van der Waals surface area contributed by atoms with Crippen LogP contribution in [-0.4, -0.2) is 4.57 Å². The van der Waals surface area contributed by atoms with Crippen molar-refractivity contribution in [2.45, 2.75) is 6.18 Å². The van der Waals surface area contributed by atoms with Gasteiger partial charge in [0.15, 0.2) is 0 Å². The fraction of sp³-hybridized carbons (Fsp3) is 0.0769. The van der Waals surface area contributed by atoms with Crippen molar-refractivity contribution in [3.8, 4) is 0 Å². The van der Waals surface area contributed by atoms with E-state index in [-0.39, 0.29) is 0 Å². The maximum Gasteiger partial charge on any atom is 0.416 e. The quantitative estimate of drug-likeness (QED) is 0.743. The summed E-state index contributed by atoms with van der Waals surface area (Å²) in [5.74, 6) is 0. The van der Waals surface area contributed by atoms with Gasteiger partial charge < -0.3 is 4.57 Å². The van der Waals surface area contributed by atoms with Gasteiger partial charge in [0.2, 0.25) is 0 Å². The zero-order chi connectivity index (χ0) is 12.5. The van der Waals surface area contributed by atoms with Gasteiger partial charge in [0.05, 0.1) is 5.56 Å². The molecule has 4 heteroatoms. The standard InChI is InChI=1S/C13H10F3N/c1-10(17-7-2-3-8-17)11-5-4-6-12(9-11)13(14,15)16/h2-9H,1H2. The minimum atomic E-state index is -4.33. The molecular weight excluding hydrogens is 227 g/mol. The molecule has 1 aromatic carbocycles. The second-order valence-corrected chi connectivity index (χ2v) is 3.62. The van der Waals surface area contributed by atoms with E-state index >= 15 is 0 Å². The average Bonchev–Trinajstić information content (AvgIpc) is 2.80. The molecular formula is C13H10F3N. The third-order valence-corrected chi connectivity index (χ3v) is 2.44. The molecule has 0 N–H and O–H groups in total. The number of halogens is 3. The van der Waals surface area contributed by atoms with Gasteiger partial charge in [0.1, 0.15) is 0 Å². The first-order valence-corrected chi connectivity index (χ1v) is 4.98. The normalized spacial score (nSPS) is 11.5. The zero-order valence-electron chi connectivity index (χ0n) is 8.91. The van der Waals surface area contributed by atoms with E-state index in [1.165, 1.54) is 6.07 Å². The first-order valence-electron chi connectivity index (χ1n) is 4.98. The van der Waals surface area contributed by atoms with Crippen molar-refractivity contribution in [2.24, 2.45) is 0 Å². The Morgan fingerprint density at radius 3 is 2.29 bits per heavy atom. The summed E-state index contributed by atoms with van der Waals surface area (Å²) in [7, 11) is 0. The Bertz CT molecular complexity index is 524. The van der Waals surface area contributed by atoms with E-state index in [0.29, 0.717) is 11.3 Å². The summed E-state index contributed by atoms with van der Waals surface area (Å²) in [6.45, 7) is 3.79. The summed E-state index contributed by atoms with van der Waals surface area (Å²) in [6.07, 6.45) is -0.849. The number of alkyl halides is 3. The van der Waals surface area contributed by atoms with E-state index in [1.54, 1.807) is 35.2 Å². The van der Waals surface area contributed by atoms with Crippen LogP contribution in [0.1, 0.15) is 11.1 Å². The van der Waals surface area contributed by atoms with Crippen LogP contribution in [0.5, 0.6) is 0 Å². The van der Waals surface area contributed by atoms with Gasteiger partial charge in [0, 0.05) is 18.1 Å². The molecule has 0 saturated carbocycles. The van der Waals surface area contributed by atoms with E-state index in [4.69, 9.17) is 0 Å². The molecule has 88 valence electrons. The molecule has 0 atom stereocenters. The molecule has 0 spiro atoms. The minimum Gasteiger partial charge on any atom is -0.324 e. The van der Waals surface area contributed by atoms with Crippen molar-refractivity contribution < 1.29 is 13.2 Å². The SMILES string of the molecule is C=C(c1cccc(C(F)(F)F)c1)n1cccc1. The van der Waals surface area contributed by atoms with E-state index in [0.717, 1.165) is 12.1 Å². The topological polar surface area (TPSA) is 4.93 Å². The molecule has 0 unspecified atom stereocenters. The molecule has 2 aromatic rings. The Labute approximate surface area is 96.8 Å². The molecule has 1 nitrogen and oxygen atoms in total. The van der Waals surface area contributed by atoms with Gasteiger partial charge in [-0.2, -0.15) is 13.2 Å². The van der Waals surface area contributed by atoms with E-state index < -0.39 is 11.7 Å². The predicted molar refractivity (Wildman–Crippen MR) is 60.3 cm³/mol. The lowest BCUT2D eigenvalue weighted by molar-refractivity contribution is -0.137. The Kier molecular flexibility index (Phi) is 2.79. The van der Waals surface area contributed by atoms with Crippen LogP contribution < -0.4 is 0 Å². The molecule has 0 aliphatic heterocycles. The van der Waals surface area contributed by atoms with E-state index in [2.05, 4.69) is 6.58 Å². The Morgan fingerprint density at radius 2 is 1.71 bits per heavy atom. The van der Waals surface area contributed by atoms with Crippen molar-refractivity contribution >= 4 is 5.70 Å². The number of aromatic nitrogens is 1. The summed E-state index contributed by atoms with van der Waals surface area (Å²) in [5, 5.41) is 0. The molecule has 0 radical (unpaired) electrons. The predicted octanol–water partition coefficient (Wildman–Crippen LogP) is 4.03. The second kappa shape index (κ2) is 4.13. The lowest BCUT2D eigenvalue weighted by Crippen LogP contribution is -2.05. The molecule has 0 bridgehead atoms. The third-order valence-electron chi connectivity index (χ3n) is 2.44. The molecule has 0 aliphatic rings. The van der Waals surface area contributed by atoms with Gasteiger partial charge in [0.25, 0.3) is 0 Å². The van der Waals surface area contributed by atoms with Crippen molar-refractivity contribution in [2.75, 3.05) is 0 Å². The number of hydrogen-bond donors (Lipinski definition) is 0. The van der Waals surface area contributed by atoms with Crippen LogP contribution in [0.4, 0.5) is 13.2 Å². The second-order valence-electron chi connectivity index (χ2n) is 3.62. The molecule has 0 fully saturated rings. The number of rotatable bonds is 2. The average molecular weight is 237 g/mol. The van der Waals surface area contributed by atoms with Crippen LogP contribution in [-0.2, 0) is 6.18 Å². The number of benzene rings is 1. The van der Waals surface area contributed by atoms with Crippen molar-refractivity contribution in [1.82, 2.24) is 4.57 Å². The third kappa shape index (κ3) is 2.41. The van der Waals surface area contributed by atoms with Crippen LogP contribution in [0.3, 0.4) is 0 Å².